The van der Waals surface area contributed by atoms with Crippen LogP contribution in [0.3, 0.4) is 0 Å². The van der Waals surface area contributed by atoms with E-state index in [1.54, 1.807) is 16.2 Å². The van der Waals surface area contributed by atoms with Gasteiger partial charge in [0.25, 0.3) is 5.56 Å². The van der Waals surface area contributed by atoms with Crippen molar-refractivity contribution in [1.29, 1.82) is 0 Å². The zero-order valence-electron chi connectivity index (χ0n) is 11.0. The van der Waals surface area contributed by atoms with Gasteiger partial charge < -0.3 is 4.90 Å². The summed E-state index contributed by atoms with van der Waals surface area (Å²) in [5.41, 5.74) is -1.04. The number of aromatic amines is 1. The van der Waals surface area contributed by atoms with Crippen molar-refractivity contribution in [3.63, 3.8) is 0 Å². The van der Waals surface area contributed by atoms with Crippen LogP contribution in [-0.2, 0) is 17.9 Å². The number of thiophene rings is 1. The summed E-state index contributed by atoms with van der Waals surface area (Å²) in [6.45, 7) is 2.91. The van der Waals surface area contributed by atoms with Crippen molar-refractivity contribution in [2.75, 3.05) is 6.54 Å². The molecule has 7 heteroatoms. The highest BCUT2D eigenvalue weighted by molar-refractivity contribution is 7.09. The van der Waals surface area contributed by atoms with Gasteiger partial charge in [-0.15, -0.1) is 11.3 Å². The molecule has 2 aromatic rings. The molecule has 2 heterocycles. The molecular weight excluding hydrogens is 278 g/mol. The molecule has 1 amide bonds. The summed E-state index contributed by atoms with van der Waals surface area (Å²) in [4.78, 5) is 39.6. The van der Waals surface area contributed by atoms with Crippen molar-refractivity contribution in [3.8, 4) is 0 Å². The van der Waals surface area contributed by atoms with Crippen molar-refractivity contribution in [2.24, 2.45) is 0 Å². The standard InChI is InChI=1S/C13H15N3O3S/c1-2-15(8-10-4-3-7-20-10)12(18)9-16-6-5-11(17)14-13(16)19/h3-7H,2,8-9H2,1H3,(H,14,17,19). The van der Waals surface area contributed by atoms with E-state index < -0.39 is 11.2 Å². The van der Waals surface area contributed by atoms with Crippen LogP contribution in [0.1, 0.15) is 11.8 Å². The van der Waals surface area contributed by atoms with Crippen molar-refractivity contribution >= 4 is 17.2 Å². The zero-order valence-corrected chi connectivity index (χ0v) is 11.9. The number of nitrogens with one attached hydrogen (secondary N) is 1. The number of aromatic nitrogens is 2. The molecule has 0 saturated carbocycles. The second-order valence-corrected chi connectivity index (χ2v) is 5.26. The van der Waals surface area contributed by atoms with Gasteiger partial charge in [-0.3, -0.25) is 19.1 Å². The molecule has 1 N–H and O–H groups in total. The minimum atomic E-state index is -0.571. The van der Waals surface area contributed by atoms with E-state index >= 15 is 0 Å². The van der Waals surface area contributed by atoms with Gasteiger partial charge in [-0.05, 0) is 18.4 Å². The first-order chi connectivity index (χ1) is 9.60. The fourth-order valence-electron chi connectivity index (χ4n) is 1.78. The third-order valence-corrected chi connectivity index (χ3v) is 3.72. The van der Waals surface area contributed by atoms with Crippen LogP contribution in [-0.4, -0.2) is 26.9 Å². The normalized spacial score (nSPS) is 10.4. The number of H-pyrrole nitrogens is 1. The fraction of sp³-hybridized carbons (Fsp3) is 0.308. The predicted molar refractivity (Wildman–Crippen MR) is 76.7 cm³/mol. The van der Waals surface area contributed by atoms with Crippen molar-refractivity contribution < 1.29 is 4.79 Å². The second-order valence-electron chi connectivity index (χ2n) is 4.23. The summed E-state index contributed by atoms with van der Waals surface area (Å²) < 4.78 is 1.20. The lowest BCUT2D eigenvalue weighted by Crippen LogP contribution is -2.37. The maximum atomic E-state index is 12.2. The molecule has 0 aliphatic heterocycles. The first-order valence-corrected chi connectivity index (χ1v) is 7.08. The van der Waals surface area contributed by atoms with Crippen LogP contribution < -0.4 is 11.2 Å². The predicted octanol–water partition coefficient (Wildman–Crippen LogP) is 0.647. The Balaban J connectivity index is 2.09. The van der Waals surface area contributed by atoms with Crippen LogP contribution in [0.4, 0.5) is 0 Å². The molecule has 20 heavy (non-hydrogen) atoms. The first kappa shape index (κ1) is 14.3. The van der Waals surface area contributed by atoms with Gasteiger partial charge in [0.15, 0.2) is 0 Å². The molecule has 0 fully saturated rings. The Kier molecular flexibility index (Phi) is 4.52. The van der Waals surface area contributed by atoms with Gasteiger partial charge in [0.1, 0.15) is 6.54 Å². The second kappa shape index (κ2) is 6.33. The number of likely N-dealkylation sites (N-methyl/N-ethyl adjacent to an activating group) is 1. The third-order valence-electron chi connectivity index (χ3n) is 2.86. The average Bonchev–Trinajstić information content (AvgIpc) is 2.92. The van der Waals surface area contributed by atoms with Gasteiger partial charge in [-0.25, -0.2) is 4.79 Å². The minimum absolute atomic E-state index is 0.0746. The van der Waals surface area contributed by atoms with Crippen LogP contribution in [0.5, 0.6) is 0 Å². The molecule has 0 aromatic carbocycles. The first-order valence-electron chi connectivity index (χ1n) is 6.20. The lowest BCUT2D eigenvalue weighted by Gasteiger charge is -2.20. The van der Waals surface area contributed by atoms with Crippen LogP contribution >= 0.6 is 11.3 Å². The summed E-state index contributed by atoms with van der Waals surface area (Å²) in [7, 11) is 0. The average molecular weight is 293 g/mol. The molecule has 0 radical (unpaired) electrons. The number of amides is 1. The largest absolute Gasteiger partial charge is 0.336 e. The SMILES string of the molecule is CCN(Cc1cccs1)C(=O)Cn1ccc(=O)[nH]c1=O. The monoisotopic (exact) mass is 293 g/mol. The van der Waals surface area contributed by atoms with E-state index in [2.05, 4.69) is 4.98 Å². The molecule has 0 saturated heterocycles. The van der Waals surface area contributed by atoms with E-state index in [0.717, 1.165) is 4.88 Å². The summed E-state index contributed by atoms with van der Waals surface area (Å²) in [6, 6.07) is 5.13. The Hall–Kier alpha value is -2.15. The van der Waals surface area contributed by atoms with Gasteiger partial charge in [-0.1, -0.05) is 6.07 Å². The number of nitrogens with zero attached hydrogens (tertiary/aromatic N) is 2. The summed E-state index contributed by atoms with van der Waals surface area (Å²) >= 11 is 1.59. The van der Waals surface area contributed by atoms with E-state index in [-0.39, 0.29) is 12.5 Å². The van der Waals surface area contributed by atoms with Gasteiger partial charge in [0.2, 0.25) is 5.91 Å². The van der Waals surface area contributed by atoms with Crippen LogP contribution in [0.15, 0.2) is 39.4 Å². The topological polar surface area (TPSA) is 75.2 Å². The maximum Gasteiger partial charge on any atom is 0.328 e. The smallest absolute Gasteiger partial charge is 0.328 e. The summed E-state index contributed by atoms with van der Waals surface area (Å²) in [5.74, 6) is -0.157. The Bertz CT molecular complexity index is 687. The third kappa shape index (κ3) is 3.45. The van der Waals surface area contributed by atoms with Gasteiger partial charge in [0.05, 0.1) is 6.54 Å². The quantitative estimate of drug-likeness (QED) is 0.879. The molecule has 0 atom stereocenters. The summed E-state index contributed by atoms with van der Waals surface area (Å²) in [5, 5.41) is 1.96. The van der Waals surface area contributed by atoms with Gasteiger partial charge in [0, 0.05) is 23.7 Å². The van der Waals surface area contributed by atoms with Crippen molar-refractivity contribution in [1.82, 2.24) is 14.5 Å². The Labute approximate surface area is 119 Å². The molecule has 106 valence electrons. The summed E-state index contributed by atoms with van der Waals surface area (Å²) in [6.07, 6.45) is 1.33. The van der Waals surface area contributed by atoms with Crippen LogP contribution in [0.25, 0.3) is 0 Å². The number of rotatable bonds is 5. The lowest BCUT2D eigenvalue weighted by molar-refractivity contribution is -0.132. The fourth-order valence-corrected chi connectivity index (χ4v) is 2.50. The van der Waals surface area contributed by atoms with E-state index in [1.807, 2.05) is 24.4 Å². The molecule has 0 bridgehead atoms. The molecule has 0 aliphatic rings. The van der Waals surface area contributed by atoms with Gasteiger partial charge in [-0.2, -0.15) is 0 Å². The van der Waals surface area contributed by atoms with Crippen LogP contribution in [0.2, 0.25) is 0 Å². The van der Waals surface area contributed by atoms with Gasteiger partial charge >= 0.3 is 5.69 Å². The maximum absolute atomic E-state index is 12.2. The molecule has 0 unspecified atom stereocenters. The van der Waals surface area contributed by atoms with Crippen molar-refractivity contribution in [3.05, 3.63) is 55.5 Å². The highest BCUT2D eigenvalue weighted by atomic mass is 32.1. The lowest BCUT2D eigenvalue weighted by atomic mass is 10.4. The zero-order chi connectivity index (χ0) is 14.5. The molecule has 6 nitrogen and oxygen atoms in total. The van der Waals surface area contributed by atoms with E-state index in [0.29, 0.717) is 13.1 Å². The van der Waals surface area contributed by atoms with Crippen molar-refractivity contribution in [2.45, 2.75) is 20.0 Å². The Morgan fingerprint density at radius 2 is 2.20 bits per heavy atom. The van der Waals surface area contributed by atoms with E-state index in [9.17, 15) is 14.4 Å². The molecule has 0 aliphatic carbocycles. The molecule has 2 aromatic heterocycles. The highest BCUT2D eigenvalue weighted by Gasteiger charge is 2.13. The Morgan fingerprint density at radius 3 is 2.80 bits per heavy atom. The highest BCUT2D eigenvalue weighted by Crippen LogP contribution is 2.11. The minimum Gasteiger partial charge on any atom is -0.336 e. The number of hydrogen-bond acceptors (Lipinski definition) is 4. The number of hydrogen-bond donors (Lipinski definition) is 1. The molecule has 2 rings (SSSR count). The molecule has 0 spiro atoms. The number of carbonyl (C=O) groups is 1. The van der Waals surface area contributed by atoms with Crippen LogP contribution in [0, 0.1) is 0 Å². The Morgan fingerprint density at radius 1 is 1.40 bits per heavy atom. The van der Waals surface area contributed by atoms with E-state index in [1.165, 1.54) is 16.8 Å². The molecular formula is C13H15N3O3S. The van der Waals surface area contributed by atoms with E-state index in [4.69, 9.17) is 0 Å². The number of carbonyl (C=O) groups excluding carboxylic acids is 1.